The number of benzene rings is 2. The predicted octanol–water partition coefficient (Wildman–Crippen LogP) is 3.08. The smallest absolute Gasteiger partial charge is 0.351 e. The van der Waals surface area contributed by atoms with Crippen LogP contribution in [0.25, 0.3) is 0 Å². The zero-order valence-corrected chi connectivity index (χ0v) is 23.7. The van der Waals surface area contributed by atoms with Crippen molar-refractivity contribution in [2.75, 3.05) is 33.2 Å². The molecule has 3 aromatic rings. The van der Waals surface area contributed by atoms with Crippen LogP contribution < -0.4 is 31.1 Å². The average molecular weight is 598 g/mol. The highest BCUT2D eigenvalue weighted by Gasteiger charge is 2.43. The Labute approximate surface area is 236 Å². The van der Waals surface area contributed by atoms with Crippen molar-refractivity contribution in [3.63, 3.8) is 0 Å². The maximum Gasteiger partial charge on any atom is 0.351 e. The van der Waals surface area contributed by atoms with Crippen molar-refractivity contribution in [1.82, 2.24) is 19.7 Å². The zero-order chi connectivity index (χ0) is 30.0. The molecule has 3 rings (SSSR count). The van der Waals surface area contributed by atoms with Crippen LogP contribution in [0, 0.1) is 0 Å². The van der Waals surface area contributed by atoms with Crippen LogP contribution in [-0.2, 0) is 26.9 Å². The summed E-state index contributed by atoms with van der Waals surface area (Å²) in [5.74, 6) is -1.96. The van der Waals surface area contributed by atoms with Gasteiger partial charge >= 0.3 is 13.4 Å². The van der Waals surface area contributed by atoms with Crippen molar-refractivity contribution >= 4 is 13.5 Å². The number of methoxy groups -OCH3 is 2. The molecule has 0 radical (unpaired) electrons. The first-order valence-electron chi connectivity index (χ1n) is 12.5. The van der Waals surface area contributed by atoms with Gasteiger partial charge in [-0.05, 0) is 48.4 Å². The minimum Gasteiger partial charge on any atom is -0.497 e. The van der Waals surface area contributed by atoms with Gasteiger partial charge in [0.15, 0.2) is 6.23 Å². The van der Waals surface area contributed by atoms with Crippen molar-refractivity contribution in [3.8, 4) is 11.5 Å². The van der Waals surface area contributed by atoms with E-state index < -0.39 is 44.8 Å². The Morgan fingerprint density at radius 1 is 1.02 bits per heavy atom. The largest absolute Gasteiger partial charge is 0.497 e. The Morgan fingerprint density at radius 3 is 1.95 bits per heavy atom. The van der Waals surface area contributed by atoms with Gasteiger partial charge in [-0.25, -0.2) is 23.7 Å². The number of nitrogens with one attached hydrogen (secondary N) is 2. The Balaban J connectivity index is 1.80. The number of ether oxygens (including phenoxy) is 3. The lowest BCUT2D eigenvalue weighted by molar-refractivity contribution is -0.260. The van der Waals surface area contributed by atoms with Crippen molar-refractivity contribution in [3.05, 3.63) is 82.4 Å². The Kier molecular flexibility index (Phi) is 11.4. The molecule has 12 nitrogen and oxygen atoms in total. The van der Waals surface area contributed by atoms with E-state index in [0.29, 0.717) is 27.2 Å². The molecule has 0 aliphatic rings. The number of anilines is 1. The van der Waals surface area contributed by atoms with Crippen molar-refractivity contribution < 1.29 is 37.2 Å². The van der Waals surface area contributed by atoms with Gasteiger partial charge in [0.05, 0.1) is 14.2 Å². The van der Waals surface area contributed by atoms with Crippen molar-refractivity contribution in [2.24, 2.45) is 0 Å². The number of hydrogen-bond donors (Lipinski definition) is 4. The van der Waals surface area contributed by atoms with Crippen LogP contribution in [0.5, 0.6) is 11.5 Å². The molecule has 1 aromatic heterocycles. The average Bonchev–Trinajstić information content (AvgIpc) is 2.97. The first-order valence-corrected chi connectivity index (χ1v) is 14.1. The molecule has 5 N–H and O–H groups in total. The summed E-state index contributed by atoms with van der Waals surface area (Å²) in [6.45, 7) is -1.31. The molecule has 0 amide bonds. The monoisotopic (exact) mass is 597 g/mol. The quantitative estimate of drug-likeness (QED) is 0.180. The summed E-state index contributed by atoms with van der Waals surface area (Å²) in [5.41, 5.74) is 5.90. The molecule has 224 valence electrons. The molecule has 0 unspecified atom stereocenters. The molecule has 2 aromatic carbocycles. The Morgan fingerprint density at radius 2 is 1.54 bits per heavy atom. The molecule has 3 atom stereocenters. The number of rotatable bonds is 16. The SMILES string of the molecule is COc1ccc(CNP(=O)(NCc2ccc(OC)cc2)OC[C@@](F)(O[C@H](CF)n2ccc(N)nc2=O)[C@H](C)O)cc1. The van der Waals surface area contributed by atoms with Gasteiger partial charge in [0.1, 0.15) is 36.7 Å². The molecule has 0 saturated carbocycles. The van der Waals surface area contributed by atoms with Gasteiger partial charge in [0.2, 0.25) is 0 Å². The second-order valence-electron chi connectivity index (χ2n) is 8.92. The molecule has 0 saturated heterocycles. The summed E-state index contributed by atoms with van der Waals surface area (Å²) in [4.78, 5) is 15.6. The Bertz CT molecular complexity index is 1310. The predicted molar refractivity (Wildman–Crippen MR) is 148 cm³/mol. The number of nitrogens with two attached hydrogens (primary N) is 1. The number of hydrogen-bond acceptors (Lipinski definition) is 9. The molecule has 1 heterocycles. The summed E-state index contributed by atoms with van der Waals surface area (Å²) in [5, 5.41) is 15.7. The first kappa shape index (κ1) is 32.1. The Hall–Kier alpha value is -3.39. The topological polar surface area (TPSA) is 159 Å². The number of aromatic nitrogens is 2. The summed E-state index contributed by atoms with van der Waals surface area (Å²) in [7, 11) is -0.994. The second-order valence-corrected chi connectivity index (χ2v) is 10.9. The fourth-order valence-electron chi connectivity index (χ4n) is 3.49. The minimum absolute atomic E-state index is 0.0469. The highest BCUT2D eigenvalue weighted by molar-refractivity contribution is 7.54. The highest BCUT2D eigenvalue weighted by Crippen LogP contribution is 2.41. The molecule has 0 bridgehead atoms. The molecule has 15 heteroatoms. The van der Waals surface area contributed by atoms with Crippen molar-refractivity contribution in [2.45, 2.75) is 38.2 Å². The van der Waals surface area contributed by atoms with Gasteiger partial charge in [0.25, 0.3) is 5.85 Å². The highest BCUT2D eigenvalue weighted by atomic mass is 31.2. The molecule has 0 aliphatic carbocycles. The van der Waals surface area contributed by atoms with Crippen LogP contribution in [0.2, 0.25) is 0 Å². The summed E-state index contributed by atoms with van der Waals surface area (Å²) in [6.07, 6.45) is -2.63. The fraction of sp³-hybridized carbons (Fsp3) is 0.385. The number of nitrogen functional groups attached to an aromatic ring is 1. The van der Waals surface area contributed by atoms with Gasteiger partial charge in [-0.1, -0.05) is 24.3 Å². The summed E-state index contributed by atoms with van der Waals surface area (Å²) in [6, 6.07) is 15.0. The van der Waals surface area contributed by atoms with Gasteiger partial charge in [0, 0.05) is 19.3 Å². The third-order valence-corrected chi connectivity index (χ3v) is 7.64. The molecular formula is C26H34F2N5O7P. The van der Waals surface area contributed by atoms with Gasteiger partial charge < -0.3 is 29.6 Å². The molecule has 0 fully saturated rings. The number of nitrogens with zero attached hydrogens (tertiary/aromatic N) is 2. The minimum atomic E-state index is -4.05. The van der Waals surface area contributed by atoms with E-state index in [1.165, 1.54) is 20.3 Å². The third-order valence-electron chi connectivity index (χ3n) is 5.99. The number of aliphatic hydroxyl groups is 1. The maximum atomic E-state index is 15.9. The number of halogens is 2. The second kappa shape index (κ2) is 14.5. The number of aliphatic hydroxyl groups excluding tert-OH is 1. The molecule has 41 heavy (non-hydrogen) atoms. The fourth-order valence-corrected chi connectivity index (χ4v) is 4.92. The summed E-state index contributed by atoms with van der Waals surface area (Å²) < 4.78 is 65.3. The van der Waals surface area contributed by atoms with E-state index in [1.807, 2.05) is 0 Å². The molecular weight excluding hydrogens is 563 g/mol. The van der Waals surface area contributed by atoms with Crippen LogP contribution in [0.3, 0.4) is 0 Å². The lowest BCUT2D eigenvalue weighted by Gasteiger charge is -2.33. The van der Waals surface area contributed by atoms with Crippen LogP contribution in [0.4, 0.5) is 14.6 Å². The van der Waals surface area contributed by atoms with Gasteiger partial charge in [-0.15, -0.1) is 0 Å². The van der Waals surface area contributed by atoms with E-state index in [-0.39, 0.29) is 18.9 Å². The lowest BCUT2D eigenvalue weighted by Crippen LogP contribution is -2.47. The van der Waals surface area contributed by atoms with Crippen molar-refractivity contribution in [1.29, 1.82) is 0 Å². The van der Waals surface area contributed by atoms with E-state index >= 15 is 4.39 Å². The summed E-state index contributed by atoms with van der Waals surface area (Å²) >= 11 is 0. The van der Waals surface area contributed by atoms with E-state index in [2.05, 4.69) is 15.2 Å². The van der Waals surface area contributed by atoms with Gasteiger partial charge in [-0.3, -0.25) is 9.13 Å². The maximum absolute atomic E-state index is 15.9. The first-order chi connectivity index (χ1) is 19.5. The third kappa shape index (κ3) is 9.05. The standard InChI is InChI=1S/C26H34F2N5O7P/c1-18(34)26(28,40-24(14-27)33-13-12-23(29)32-25(33)35)17-39-41(36,30-15-19-4-8-21(37-2)9-5-19)31-16-20-6-10-22(38-3)11-7-20/h4-13,18,24,34H,14-17H2,1-3H3,(H2,29,32,35)(H2,30,31,36)/t18-,24+,26+/m0/s1. The van der Waals surface area contributed by atoms with E-state index in [4.69, 9.17) is 24.5 Å². The van der Waals surface area contributed by atoms with E-state index in [1.54, 1.807) is 48.5 Å². The van der Waals surface area contributed by atoms with E-state index in [0.717, 1.165) is 13.1 Å². The molecule has 0 spiro atoms. The number of alkyl halides is 2. The van der Waals surface area contributed by atoms with Crippen LogP contribution >= 0.6 is 7.67 Å². The zero-order valence-electron chi connectivity index (χ0n) is 22.8. The van der Waals surface area contributed by atoms with Crippen LogP contribution in [-0.4, -0.2) is 54.1 Å². The van der Waals surface area contributed by atoms with Gasteiger partial charge in [-0.2, -0.15) is 4.98 Å². The van der Waals surface area contributed by atoms with E-state index in [9.17, 15) is 18.9 Å². The van der Waals surface area contributed by atoms with Crippen LogP contribution in [0.15, 0.2) is 65.6 Å². The van der Waals surface area contributed by atoms with Crippen LogP contribution in [0.1, 0.15) is 24.3 Å². The lowest BCUT2D eigenvalue weighted by atomic mass is 10.2. The molecule has 0 aliphatic heterocycles. The normalized spacial score (nSPS) is 14.7.